The average molecular weight is 330 g/mol. The Balaban J connectivity index is 1.47. The molecule has 6 heteroatoms. The topological polar surface area (TPSA) is 81.2 Å². The molecule has 0 saturated carbocycles. The predicted molar refractivity (Wildman–Crippen MR) is 93.8 cm³/mol. The molecule has 1 aromatic heterocycles. The molecule has 1 aliphatic heterocycles. The number of hydrogen-bond donors (Lipinski definition) is 3. The van der Waals surface area contributed by atoms with Gasteiger partial charge in [0.1, 0.15) is 5.82 Å². The molecular formula is C18H26N4O2. The zero-order chi connectivity index (χ0) is 16.9. The largest absolute Gasteiger partial charge is 0.395 e. The number of hydrogen-bond acceptors (Lipinski definition) is 4. The third-order valence-electron chi connectivity index (χ3n) is 4.71. The van der Waals surface area contributed by atoms with Crippen molar-refractivity contribution in [3.8, 4) is 0 Å². The monoisotopic (exact) mass is 330 g/mol. The van der Waals surface area contributed by atoms with E-state index in [9.17, 15) is 9.90 Å². The molecule has 1 amide bonds. The second-order valence-corrected chi connectivity index (χ2v) is 6.57. The number of benzene rings is 1. The minimum Gasteiger partial charge on any atom is -0.395 e. The van der Waals surface area contributed by atoms with Crippen LogP contribution in [0.1, 0.15) is 30.7 Å². The number of aromatic amines is 1. The number of likely N-dealkylation sites (tertiary alicyclic amines) is 1. The van der Waals surface area contributed by atoms with Crippen molar-refractivity contribution in [2.75, 3.05) is 26.2 Å². The van der Waals surface area contributed by atoms with Crippen molar-refractivity contribution in [2.24, 2.45) is 0 Å². The fraction of sp³-hybridized carbons (Fsp3) is 0.556. The number of carbonyl (C=O) groups excluding carboxylic acids is 1. The van der Waals surface area contributed by atoms with Crippen LogP contribution >= 0.6 is 0 Å². The lowest BCUT2D eigenvalue weighted by atomic mass is 10.0. The van der Waals surface area contributed by atoms with E-state index >= 15 is 0 Å². The predicted octanol–water partition coefficient (Wildman–Crippen LogP) is 1.38. The molecule has 0 radical (unpaired) electrons. The fourth-order valence-electron chi connectivity index (χ4n) is 3.44. The molecule has 0 bridgehead atoms. The fourth-order valence-corrected chi connectivity index (χ4v) is 3.44. The van der Waals surface area contributed by atoms with E-state index < -0.39 is 0 Å². The second kappa shape index (κ2) is 7.77. The van der Waals surface area contributed by atoms with Crippen LogP contribution in [0.25, 0.3) is 11.0 Å². The van der Waals surface area contributed by atoms with Crippen LogP contribution < -0.4 is 5.32 Å². The van der Waals surface area contributed by atoms with Gasteiger partial charge in [0.05, 0.1) is 24.1 Å². The van der Waals surface area contributed by atoms with Crippen LogP contribution in [0, 0.1) is 6.92 Å². The van der Waals surface area contributed by atoms with Gasteiger partial charge in [-0.2, -0.15) is 0 Å². The highest BCUT2D eigenvalue weighted by molar-refractivity contribution is 5.81. The van der Waals surface area contributed by atoms with Crippen LogP contribution in [0.2, 0.25) is 0 Å². The molecule has 0 spiro atoms. The van der Waals surface area contributed by atoms with Gasteiger partial charge in [0.25, 0.3) is 0 Å². The molecule has 2 heterocycles. The van der Waals surface area contributed by atoms with E-state index in [2.05, 4.69) is 20.2 Å². The standard InChI is InChI=1S/C18H26N4O2/c1-13-20-16-6-5-14(10-17(16)21-13)11-18(24)19-7-9-22-8-3-2-4-15(22)12-23/h5-6,10,15,23H,2-4,7-9,11-12H2,1H3,(H,19,24)(H,20,21)/t15-/m0/s1. The zero-order valence-corrected chi connectivity index (χ0v) is 14.2. The summed E-state index contributed by atoms with van der Waals surface area (Å²) in [5.74, 6) is 0.912. The number of amides is 1. The summed E-state index contributed by atoms with van der Waals surface area (Å²) in [5, 5.41) is 12.4. The summed E-state index contributed by atoms with van der Waals surface area (Å²) in [5.41, 5.74) is 2.88. The SMILES string of the molecule is Cc1nc2ccc(CC(=O)NCCN3CCCC[C@H]3CO)cc2[nH]1. The van der Waals surface area contributed by atoms with Crippen molar-refractivity contribution in [1.82, 2.24) is 20.2 Å². The van der Waals surface area contributed by atoms with Crippen LogP contribution in [0.15, 0.2) is 18.2 Å². The Morgan fingerprint density at radius 3 is 3.17 bits per heavy atom. The minimum absolute atomic E-state index is 0.0307. The zero-order valence-electron chi connectivity index (χ0n) is 14.2. The Morgan fingerprint density at radius 2 is 2.33 bits per heavy atom. The van der Waals surface area contributed by atoms with E-state index in [0.717, 1.165) is 41.9 Å². The number of nitrogens with zero attached hydrogens (tertiary/aromatic N) is 2. The Hall–Kier alpha value is -1.92. The first-order valence-corrected chi connectivity index (χ1v) is 8.72. The lowest BCUT2D eigenvalue weighted by Crippen LogP contribution is -2.45. The van der Waals surface area contributed by atoms with Gasteiger partial charge in [-0.1, -0.05) is 12.5 Å². The van der Waals surface area contributed by atoms with Gasteiger partial charge in [-0.15, -0.1) is 0 Å². The molecule has 3 rings (SSSR count). The lowest BCUT2D eigenvalue weighted by molar-refractivity contribution is -0.120. The summed E-state index contributed by atoms with van der Waals surface area (Å²) >= 11 is 0. The number of aliphatic hydroxyl groups excluding tert-OH is 1. The lowest BCUT2D eigenvalue weighted by Gasteiger charge is -2.34. The van der Waals surface area contributed by atoms with Gasteiger partial charge in [0, 0.05) is 19.1 Å². The first kappa shape index (κ1) is 16.9. The minimum atomic E-state index is 0.0307. The molecule has 0 unspecified atom stereocenters. The molecule has 24 heavy (non-hydrogen) atoms. The second-order valence-electron chi connectivity index (χ2n) is 6.57. The van der Waals surface area contributed by atoms with Crippen LogP contribution in [0.3, 0.4) is 0 Å². The number of aryl methyl sites for hydroxylation is 1. The Kier molecular flexibility index (Phi) is 5.48. The quantitative estimate of drug-likeness (QED) is 0.747. The summed E-state index contributed by atoms with van der Waals surface area (Å²) in [6, 6.07) is 6.14. The van der Waals surface area contributed by atoms with Crippen molar-refractivity contribution in [3.63, 3.8) is 0 Å². The van der Waals surface area contributed by atoms with Crippen LogP contribution in [0.5, 0.6) is 0 Å². The van der Waals surface area contributed by atoms with Crippen LogP contribution in [-0.2, 0) is 11.2 Å². The third-order valence-corrected chi connectivity index (χ3v) is 4.71. The first-order chi connectivity index (χ1) is 11.7. The third kappa shape index (κ3) is 4.13. The number of aliphatic hydroxyl groups is 1. The van der Waals surface area contributed by atoms with Gasteiger partial charge >= 0.3 is 0 Å². The number of H-pyrrole nitrogens is 1. The van der Waals surface area contributed by atoms with Crippen LogP contribution in [0.4, 0.5) is 0 Å². The molecule has 1 aromatic carbocycles. The van der Waals surface area contributed by atoms with E-state index in [1.54, 1.807) is 0 Å². The van der Waals surface area contributed by atoms with Gasteiger partial charge in [-0.3, -0.25) is 9.69 Å². The van der Waals surface area contributed by atoms with E-state index in [1.165, 1.54) is 12.8 Å². The maximum atomic E-state index is 12.1. The Labute approximate surface area is 142 Å². The van der Waals surface area contributed by atoms with Gasteiger partial charge in [0.15, 0.2) is 0 Å². The van der Waals surface area contributed by atoms with E-state index in [1.807, 2.05) is 25.1 Å². The Bertz CT molecular complexity index is 697. The molecule has 2 aromatic rings. The molecule has 6 nitrogen and oxygen atoms in total. The first-order valence-electron chi connectivity index (χ1n) is 8.72. The van der Waals surface area contributed by atoms with Gasteiger partial charge < -0.3 is 15.4 Å². The van der Waals surface area contributed by atoms with E-state index in [-0.39, 0.29) is 18.6 Å². The average Bonchev–Trinajstić information content (AvgIpc) is 2.94. The van der Waals surface area contributed by atoms with Gasteiger partial charge in [0.2, 0.25) is 5.91 Å². The molecule has 0 aliphatic carbocycles. The molecular weight excluding hydrogens is 304 g/mol. The molecule has 1 fully saturated rings. The maximum absolute atomic E-state index is 12.1. The van der Waals surface area contributed by atoms with E-state index in [0.29, 0.717) is 13.0 Å². The molecule has 130 valence electrons. The normalized spacial score (nSPS) is 18.8. The van der Waals surface area contributed by atoms with Crippen molar-refractivity contribution < 1.29 is 9.90 Å². The summed E-state index contributed by atoms with van der Waals surface area (Å²) in [7, 11) is 0. The van der Waals surface area contributed by atoms with Gasteiger partial charge in [-0.05, 0) is 44.0 Å². The molecule has 1 aliphatic rings. The summed E-state index contributed by atoms with van der Waals surface area (Å²) < 4.78 is 0. The highest BCUT2D eigenvalue weighted by atomic mass is 16.3. The molecule has 3 N–H and O–H groups in total. The van der Waals surface area contributed by atoms with Crippen molar-refractivity contribution in [2.45, 2.75) is 38.6 Å². The Morgan fingerprint density at radius 1 is 1.46 bits per heavy atom. The summed E-state index contributed by atoms with van der Waals surface area (Å²) in [4.78, 5) is 22.0. The number of aromatic nitrogens is 2. The molecule has 1 saturated heterocycles. The number of rotatable bonds is 6. The van der Waals surface area contributed by atoms with Crippen molar-refractivity contribution in [1.29, 1.82) is 0 Å². The number of fused-ring (bicyclic) bond motifs is 1. The number of nitrogens with one attached hydrogen (secondary N) is 2. The van der Waals surface area contributed by atoms with Crippen molar-refractivity contribution in [3.05, 3.63) is 29.6 Å². The highest BCUT2D eigenvalue weighted by Gasteiger charge is 2.21. The van der Waals surface area contributed by atoms with Gasteiger partial charge in [-0.25, -0.2) is 4.98 Å². The summed E-state index contributed by atoms with van der Waals surface area (Å²) in [6.45, 7) is 4.57. The summed E-state index contributed by atoms with van der Waals surface area (Å²) in [6.07, 6.45) is 3.78. The highest BCUT2D eigenvalue weighted by Crippen LogP contribution is 2.16. The number of carbonyl (C=O) groups is 1. The number of imidazole rings is 1. The number of piperidine rings is 1. The molecule has 1 atom stereocenters. The van der Waals surface area contributed by atoms with Crippen molar-refractivity contribution >= 4 is 16.9 Å². The smallest absolute Gasteiger partial charge is 0.224 e. The maximum Gasteiger partial charge on any atom is 0.224 e. The van der Waals surface area contributed by atoms with Crippen LogP contribution in [-0.4, -0.2) is 58.2 Å². The van der Waals surface area contributed by atoms with E-state index in [4.69, 9.17) is 0 Å².